The zero-order valence-electron chi connectivity index (χ0n) is 17.0. The van der Waals surface area contributed by atoms with Gasteiger partial charge in [-0.15, -0.1) is 0 Å². The third-order valence-electron chi connectivity index (χ3n) is 5.22. The molecule has 29 heavy (non-hydrogen) atoms. The lowest BCUT2D eigenvalue weighted by molar-refractivity contribution is -0.0524. The highest BCUT2D eigenvalue weighted by atomic mass is 31.2. The van der Waals surface area contributed by atoms with Gasteiger partial charge in [0.15, 0.2) is 5.34 Å². The Hall–Kier alpha value is -1.33. The number of nitrogens with zero attached hydrogens (tertiary/aromatic N) is 1. The van der Waals surface area contributed by atoms with Gasteiger partial charge in [0, 0.05) is 19.7 Å². The molecule has 1 fully saturated rings. The summed E-state index contributed by atoms with van der Waals surface area (Å²) < 4.78 is 24.5. The number of nitrogens with one attached hydrogen (secondary N) is 1. The van der Waals surface area contributed by atoms with Gasteiger partial charge in [0.05, 0.1) is 17.3 Å². The molecule has 11 nitrogen and oxygen atoms in total. The van der Waals surface area contributed by atoms with Crippen LogP contribution in [0.1, 0.15) is 52.2 Å². The van der Waals surface area contributed by atoms with E-state index in [-0.39, 0.29) is 18.4 Å². The van der Waals surface area contributed by atoms with Gasteiger partial charge in [0.2, 0.25) is 0 Å². The van der Waals surface area contributed by atoms with E-state index >= 15 is 0 Å². The Bertz CT molecular complexity index is 905. The number of aryl methyl sites for hydroxylation is 1. The van der Waals surface area contributed by atoms with Crippen molar-refractivity contribution >= 4 is 7.60 Å². The lowest BCUT2D eigenvalue weighted by Gasteiger charge is -2.36. The molecule has 1 aliphatic heterocycles. The summed E-state index contributed by atoms with van der Waals surface area (Å²) in [4.78, 5) is 35.8. The number of hydrogen-bond donors (Lipinski definition) is 5. The first kappa shape index (κ1) is 23.9. The number of hydrogen-bond acceptors (Lipinski definition) is 8. The maximum Gasteiger partial charge on any atom is 0.359 e. The molecule has 166 valence electrons. The highest BCUT2D eigenvalue weighted by Gasteiger charge is 2.50. The van der Waals surface area contributed by atoms with Gasteiger partial charge < -0.3 is 34.0 Å². The molecule has 1 aromatic heterocycles. The average molecular weight is 436 g/mol. The number of aliphatic hydroxyl groups excluding tert-OH is 2. The van der Waals surface area contributed by atoms with Crippen LogP contribution in [-0.2, 0) is 20.9 Å². The summed E-state index contributed by atoms with van der Waals surface area (Å²) >= 11 is 0. The van der Waals surface area contributed by atoms with Gasteiger partial charge in [-0.25, -0.2) is 4.79 Å². The van der Waals surface area contributed by atoms with Gasteiger partial charge in [-0.2, -0.15) is 0 Å². The Morgan fingerprint density at radius 2 is 1.86 bits per heavy atom. The monoisotopic (exact) mass is 436 g/mol. The van der Waals surface area contributed by atoms with Crippen LogP contribution in [0.25, 0.3) is 0 Å². The van der Waals surface area contributed by atoms with Crippen LogP contribution in [-0.4, -0.2) is 59.0 Å². The summed E-state index contributed by atoms with van der Waals surface area (Å²) in [6.07, 6.45) is -3.75. The highest BCUT2D eigenvalue weighted by molar-refractivity contribution is 7.54. The fourth-order valence-electron chi connectivity index (χ4n) is 3.04. The second kappa shape index (κ2) is 8.07. The van der Waals surface area contributed by atoms with Crippen molar-refractivity contribution in [3.05, 3.63) is 32.6 Å². The Kier molecular flexibility index (Phi) is 6.66. The van der Waals surface area contributed by atoms with E-state index in [1.165, 1.54) is 20.2 Å². The summed E-state index contributed by atoms with van der Waals surface area (Å²) in [7, 11) is -3.03. The van der Waals surface area contributed by atoms with Crippen LogP contribution >= 0.6 is 7.60 Å². The first-order chi connectivity index (χ1) is 13.1. The van der Waals surface area contributed by atoms with E-state index in [1.807, 2.05) is 0 Å². The van der Waals surface area contributed by atoms with Crippen LogP contribution in [0.3, 0.4) is 0 Å². The molecule has 2 unspecified atom stereocenters. The smallest absolute Gasteiger partial charge is 0.359 e. The fraction of sp³-hybridized carbons (Fsp3) is 0.765. The molecular weight excluding hydrogens is 407 g/mol. The van der Waals surface area contributed by atoms with Gasteiger partial charge in [-0.05, 0) is 27.2 Å². The van der Waals surface area contributed by atoms with Crippen LogP contribution in [0.15, 0.2) is 15.8 Å². The van der Waals surface area contributed by atoms with Gasteiger partial charge in [-0.1, -0.05) is 6.92 Å². The Balaban J connectivity index is 2.28. The van der Waals surface area contributed by atoms with Gasteiger partial charge in [0.1, 0.15) is 18.3 Å². The number of aromatic amines is 1. The second-order valence-electron chi connectivity index (χ2n) is 8.14. The first-order valence-corrected chi connectivity index (χ1v) is 10.8. The molecule has 0 bridgehead atoms. The molecule has 0 radical (unpaired) electrons. The topological polar surface area (TPSA) is 171 Å². The van der Waals surface area contributed by atoms with Crippen molar-refractivity contribution in [3.8, 4) is 0 Å². The summed E-state index contributed by atoms with van der Waals surface area (Å²) in [5.74, 6) is 0. The molecule has 12 heteroatoms. The van der Waals surface area contributed by atoms with Crippen molar-refractivity contribution in [2.24, 2.45) is 7.05 Å². The summed E-state index contributed by atoms with van der Waals surface area (Å²) in [5.41, 5.74) is -2.70. The zero-order valence-corrected chi connectivity index (χ0v) is 17.9. The maximum atomic E-state index is 12.4. The van der Waals surface area contributed by atoms with E-state index in [2.05, 4.69) is 4.98 Å². The van der Waals surface area contributed by atoms with E-state index in [9.17, 15) is 34.4 Å². The van der Waals surface area contributed by atoms with Crippen LogP contribution in [0.2, 0.25) is 0 Å². The predicted molar refractivity (Wildman–Crippen MR) is 102 cm³/mol. The van der Waals surface area contributed by atoms with E-state index < -0.39 is 54.2 Å². The second-order valence-corrected chi connectivity index (χ2v) is 10.5. The molecule has 2 heterocycles. The van der Waals surface area contributed by atoms with Crippen LogP contribution in [0.4, 0.5) is 0 Å². The van der Waals surface area contributed by atoms with E-state index in [0.717, 1.165) is 18.4 Å². The molecule has 1 aromatic rings. The molecule has 1 aliphatic rings. The fourth-order valence-corrected chi connectivity index (χ4v) is 4.07. The minimum atomic E-state index is -4.44. The minimum Gasteiger partial charge on any atom is -0.388 e. The van der Waals surface area contributed by atoms with E-state index in [0.29, 0.717) is 0 Å². The number of ether oxygens (including phenoxy) is 1. The van der Waals surface area contributed by atoms with Crippen LogP contribution in [0, 0.1) is 0 Å². The molecule has 0 aromatic carbocycles. The zero-order chi connectivity index (χ0) is 22.4. The van der Waals surface area contributed by atoms with E-state index in [1.54, 1.807) is 6.92 Å². The minimum absolute atomic E-state index is 0.0374. The van der Waals surface area contributed by atoms with Crippen LogP contribution < -0.4 is 11.2 Å². The molecule has 5 N–H and O–H groups in total. The standard InChI is InChI=1S/C17H29N2O9P/c1-6-17(4,28-29(25,26)16(2,3)24)7-10-11(20)12(21)13(27-10)9-8-19(5)15(23)18-14(9)22/h8,10-13,20-21,24H,6-7H2,1-5H3,(H,25,26)(H,18,22,23)/t10-,11-,12-,13+,17?/m1/s1. The third kappa shape index (κ3) is 4.88. The van der Waals surface area contributed by atoms with Crippen molar-refractivity contribution in [3.63, 3.8) is 0 Å². The molecule has 1 saturated heterocycles. The molecule has 6 atom stereocenters. The number of rotatable bonds is 7. The molecule has 0 amide bonds. The highest BCUT2D eigenvalue weighted by Crippen LogP contribution is 2.57. The summed E-state index contributed by atoms with van der Waals surface area (Å²) in [6, 6.07) is 0. The number of aliphatic hydroxyl groups is 3. The van der Waals surface area contributed by atoms with Crippen molar-refractivity contribution in [2.45, 2.75) is 75.9 Å². The predicted octanol–water partition coefficient (Wildman–Crippen LogP) is -0.275. The lowest BCUT2D eigenvalue weighted by Crippen LogP contribution is -2.39. The van der Waals surface area contributed by atoms with Crippen molar-refractivity contribution < 1.29 is 34.0 Å². The molecule has 0 aliphatic carbocycles. The van der Waals surface area contributed by atoms with Gasteiger partial charge >= 0.3 is 13.3 Å². The number of H-pyrrole nitrogens is 1. The largest absolute Gasteiger partial charge is 0.388 e. The quantitative estimate of drug-likeness (QED) is 0.361. The number of aromatic nitrogens is 2. The van der Waals surface area contributed by atoms with E-state index in [4.69, 9.17) is 9.26 Å². The van der Waals surface area contributed by atoms with Crippen molar-refractivity contribution in [1.29, 1.82) is 0 Å². The Morgan fingerprint density at radius 1 is 1.28 bits per heavy atom. The average Bonchev–Trinajstić information content (AvgIpc) is 2.85. The van der Waals surface area contributed by atoms with Crippen molar-refractivity contribution in [1.82, 2.24) is 9.55 Å². The van der Waals surface area contributed by atoms with Crippen molar-refractivity contribution in [2.75, 3.05) is 0 Å². The molecule has 2 rings (SSSR count). The third-order valence-corrected chi connectivity index (χ3v) is 7.29. The molecular formula is C17H29N2O9P. The Labute approximate surface area is 167 Å². The maximum absolute atomic E-state index is 12.4. The Morgan fingerprint density at radius 3 is 2.38 bits per heavy atom. The summed E-state index contributed by atoms with van der Waals surface area (Å²) in [6.45, 7) is 5.51. The molecule has 0 saturated carbocycles. The lowest BCUT2D eigenvalue weighted by atomic mass is 9.92. The molecule has 0 spiro atoms. The van der Waals surface area contributed by atoms with Gasteiger partial charge in [0.25, 0.3) is 5.56 Å². The summed E-state index contributed by atoms with van der Waals surface area (Å²) in [5, 5.41) is 28.7. The first-order valence-electron chi connectivity index (χ1n) is 9.19. The SMILES string of the molecule is CCC(C)(C[C@H]1O[C@@H](c2cn(C)c(=O)[nH]c2=O)[C@H](O)[C@@H]1O)OP(=O)(O)C(C)(C)O. The normalized spacial score (nSPS) is 29.4. The van der Waals surface area contributed by atoms with Crippen LogP contribution in [0.5, 0.6) is 0 Å². The van der Waals surface area contributed by atoms with Gasteiger partial charge in [-0.3, -0.25) is 14.3 Å².